The number of rotatable bonds is 13. The van der Waals surface area contributed by atoms with Gasteiger partial charge in [-0.3, -0.25) is 14.4 Å². The monoisotopic (exact) mass is 579 g/mol. The molecule has 0 radical (unpaired) electrons. The second-order valence-corrected chi connectivity index (χ2v) is 13.7. The Balaban J connectivity index is 1.48. The van der Waals surface area contributed by atoms with Crippen molar-refractivity contribution < 1.29 is 19.5 Å². The second-order valence-electron chi connectivity index (χ2n) is 12.1. The molecule has 1 N–H and O–H groups in total. The van der Waals surface area contributed by atoms with Gasteiger partial charge in [-0.05, 0) is 44.1 Å². The van der Waals surface area contributed by atoms with Crippen LogP contribution in [-0.2, 0) is 20.9 Å². The van der Waals surface area contributed by atoms with Gasteiger partial charge in [0.2, 0.25) is 17.7 Å². The summed E-state index contributed by atoms with van der Waals surface area (Å²) >= 11 is 1.73. The van der Waals surface area contributed by atoms with Crippen molar-refractivity contribution in [2.24, 2.45) is 11.8 Å². The summed E-state index contributed by atoms with van der Waals surface area (Å²) in [6, 6.07) is 9.50. The van der Waals surface area contributed by atoms with E-state index in [1.54, 1.807) is 28.8 Å². The zero-order valence-corrected chi connectivity index (χ0v) is 25.0. The lowest BCUT2D eigenvalue weighted by atomic mass is 9.70. The topological polar surface area (TPSA) is 81.2 Å². The minimum Gasteiger partial charge on any atom is -0.396 e. The molecule has 4 fully saturated rings. The van der Waals surface area contributed by atoms with E-state index in [4.69, 9.17) is 0 Å². The molecule has 1 aromatic rings. The highest BCUT2D eigenvalue weighted by Gasteiger charge is 2.74. The van der Waals surface area contributed by atoms with Crippen LogP contribution in [0.4, 0.5) is 0 Å². The Morgan fingerprint density at radius 1 is 1.02 bits per heavy atom. The summed E-state index contributed by atoms with van der Waals surface area (Å²) in [6.07, 6.45) is 11.7. The van der Waals surface area contributed by atoms with E-state index in [0.717, 1.165) is 44.1 Å². The third-order valence-corrected chi connectivity index (χ3v) is 11.6. The molecular formula is C33H45N3O4S. The van der Waals surface area contributed by atoms with Gasteiger partial charge in [0, 0.05) is 44.1 Å². The highest BCUT2D eigenvalue weighted by atomic mass is 32.2. The maximum Gasteiger partial charge on any atom is 0.247 e. The van der Waals surface area contributed by atoms with Crippen LogP contribution in [-0.4, -0.2) is 85.8 Å². The first-order chi connectivity index (χ1) is 20.0. The minimum atomic E-state index is -0.598. The predicted molar refractivity (Wildman–Crippen MR) is 163 cm³/mol. The number of carbonyl (C=O) groups excluding carboxylic acids is 3. The molecule has 3 aliphatic heterocycles. The quantitative estimate of drug-likeness (QED) is 0.277. The Hall–Kier alpha value is -2.58. The number of nitrogens with zero attached hydrogens (tertiary/aromatic N) is 3. The summed E-state index contributed by atoms with van der Waals surface area (Å²) in [7, 11) is 0. The van der Waals surface area contributed by atoms with Crippen molar-refractivity contribution in [1.82, 2.24) is 14.7 Å². The molecule has 3 amide bonds. The third kappa shape index (κ3) is 5.62. The van der Waals surface area contributed by atoms with Crippen LogP contribution in [0.1, 0.15) is 63.4 Å². The molecule has 7 nitrogen and oxygen atoms in total. The van der Waals surface area contributed by atoms with Gasteiger partial charge in [0.25, 0.3) is 0 Å². The molecule has 2 bridgehead atoms. The van der Waals surface area contributed by atoms with Crippen LogP contribution in [0.15, 0.2) is 55.6 Å². The van der Waals surface area contributed by atoms with E-state index in [9.17, 15) is 19.5 Å². The van der Waals surface area contributed by atoms with Crippen molar-refractivity contribution in [2.45, 2.75) is 86.4 Å². The molecule has 0 aromatic heterocycles. The first kappa shape index (κ1) is 29.9. The fourth-order valence-corrected chi connectivity index (χ4v) is 10.1. The number of likely N-dealkylation sites (tertiary alicyclic amines) is 1. The predicted octanol–water partition coefficient (Wildman–Crippen LogP) is 4.41. The van der Waals surface area contributed by atoms with Gasteiger partial charge in [-0.25, -0.2) is 0 Å². The van der Waals surface area contributed by atoms with E-state index >= 15 is 0 Å². The number of aliphatic hydroxyl groups is 1. The molecule has 4 aliphatic rings. The Bertz CT molecular complexity index is 1120. The van der Waals surface area contributed by atoms with E-state index in [1.807, 2.05) is 40.1 Å². The summed E-state index contributed by atoms with van der Waals surface area (Å²) < 4.78 is -0.598. The van der Waals surface area contributed by atoms with Gasteiger partial charge >= 0.3 is 0 Å². The van der Waals surface area contributed by atoms with Crippen molar-refractivity contribution in [1.29, 1.82) is 0 Å². The number of benzene rings is 1. The van der Waals surface area contributed by atoms with E-state index in [0.29, 0.717) is 39.0 Å². The lowest BCUT2D eigenvalue weighted by molar-refractivity contribution is -0.145. The lowest BCUT2D eigenvalue weighted by Gasteiger charge is -2.41. The van der Waals surface area contributed by atoms with Gasteiger partial charge in [0.1, 0.15) is 6.04 Å². The molecule has 5 atom stereocenters. The first-order valence-corrected chi connectivity index (χ1v) is 16.3. The van der Waals surface area contributed by atoms with Crippen molar-refractivity contribution in [2.75, 3.05) is 26.2 Å². The van der Waals surface area contributed by atoms with Gasteiger partial charge in [-0.1, -0.05) is 61.7 Å². The van der Waals surface area contributed by atoms with Crippen LogP contribution in [0, 0.1) is 11.8 Å². The molecule has 1 aromatic carbocycles. The highest BCUT2D eigenvalue weighted by Crippen LogP contribution is 2.66. The zero-order valence-electron chi connectivity index (χ0n) is 24.2. The van der Waals surface area contributed by atoms with E-state index in [-0.39, 0.29) is 35.6 Å². The Labute approximate surface area is 249 Å². The molecule has 1 spiro atoms. The summed E-state index contributed by atoms with van der Waals surface area (Å²) in [4.78, 5) is 48.9. The van der Waals surface area contributed by atoms with Crippen LogP contribution in [0.3, 0.4) is 0 Å². The fourth-order valence-electron chi connectivity index (χ4n) is 7.86. The largest absolute Gasteiger partial charge is 0.396 e. The van der Waals surface area contributed by atoms with Crippen LogP contribution in [0.25, 0.3) is 0 Å². The first-order valence-electron chi connectivity index (χ1n) is 15.4. The zero-order chi connectivity index (χ0) is 29.0. The normalized spacial score (nSPS) is 28.9. The molecule has 1 saturated carbocycles. The van der Waals surface area contributed by atoms with Crippen molar-refractivity contribution in [3.63, 3.8) is 0 Å². The average molecular weight is 580 g/mol. The minimum absolute atomic E-state index is 0.00943. The lowest BCUT2D eigenvalue weighted by Crippen LogP contribution is -2.57. The Morgan fingerprint density at radius 3 is 2.44 bits per heavy atom. The molecule has 5 rings (SSSR count). The number of amides is 3. The van der Waals surface area contributed by atoms with Crippen molar-refractivity contribution in [3.05, 3.63) is 61.2 Å². The molecule has 8 heteroatoms. The smallest absolute Gasteiger partial charge is 0.247 e. The maximum atomic E-state index is 14.6. The molecule has 3 heterocycles. The number of hydrogen-bond acceptors (Lipinski definition) is 5. The maximum absolute atomic E-state index is 14.6. The van der Waals surface area contributed by atoms with Gasteiger partial charge in [-0.15, -0.1) is 24.9 Å². The van der Waals surface area contributed by atoms with Gasteiger partial charge in [0.05, 0.1) is 16.6 Å². The summed E-state index contributed by atoms with van der Waals surface area (Å²) in [5.41, 5.74) is 1.04. The summed E-state index contributed by atoms with van der Waals surface area (Å²) in [5.74, 6) is -1.02. The SMILES string of the molecule is C=CCN(Cc1ccccc1)C(=O)[C@@H]1[C@@H]2CCC3(S2)C(C(=O)N(CC=C)C2CCCCC2)N(CCCCO)C(=O)[C@H]13. The molecule has 41 heavy (non-hydrogen) atoms. The molecule has 1 aliphatic carbocycles. The number of thioether (sulfide) groups is 1. The van der Waals surface area contributed by atoms with Crippen LogP contribution < -0.4 is 0 Å². The van der Waals surface area contributed by atoms with Crippen LogP contribution >= 0.6 is 11.8 Å². The number of unbranched alkanes of at least 4 members (excludes halogenated alkanes) is 1. The number of fused-ring (bicyclic) bond motifs is 1. The standard InChI is InChI=1S/C33H45N3O4S/c1-3-19-34(23-24-13-7-5-8-14-24)30(38)27-26-17-18-33(41-26)28(27)31(39)36(21-11-12-22-37)29(33)32(40)35(20-4-2)25-15-9-6-10-16-25/h3-5,7-8,13-14,25-29,37H,1-2,6,9-12,15-23H2/t26-,27+,28-,29?,33?/m0/s1. The number of hydrogen-bond donors (Lipinski definition) is 1. The molecule has 222 valence electrons. The Morgan fingerprint density at radius 2 is 1.76 bits per heavy atom. The van der Waals surface area contributed by atoms with Gasteiger partial charge in [0.15, 0.2) is 0 Å². The molecular weight excluding hydrogens is 534 g/mol. The van der Waals surface area contributed by atoms with Crippen LogP contribution in [0.2, 0.25) is 0 Å². The summed E-state index contributed by atoms with van der Waals surface area (Å²) in [5, 5.41) is 9.49. The van der Waals surface area contributed by atoms with Crippen molar-refractivity contribution in [3.8, 4) is 0 Å². The van der Waals surface area contributed by atoms with E-state index in [1.165, 1.54) is 6.42 Å². The average Bonchev–Trinajstić information content (AvgIpc) is 3.63. The molecule has 3 saturated heterocycles. The highest BCUT2D eigenvalue weighted by molar-refractivity contribution is 8.02. The summed E-state index contributed by atoms with van der Waals surface area (Å²) in [6.45, 7) is 9.67. The van der Waals surface area contributed by atoms with Gasteiger partial charge < -0.3 is 19.8 Å². The number of carbonyl (C=O) groups is 3. The van der Waals surface area contributed by atoms with Crippen LogP contribution in [0.5, 0.6) is 0 Å². The van der Waals surface area contributed by atoms with Gasteiger partial charge in [-0.2, -0.15) is 0 Å². The molecule has 2 unspecified atom stereocenters. The van der Waals surface area contributed by atoms with E-state index < -0.39 is 22.6 Å². The van der Waals surface area contributed by atoms with Crippen molar-refractivity contribution >= 4 is 29.5 Å². The second kappa shape index (κ2) is 13.2. The fraction of sp³-hybridized carbons (Fsp3) is 0.606. The Kier molecular flexibility index (Phi) is 9.59. The third-order valence-electron chi connectivity index (χ3n) is 9.63. The van der Waals surface area contributed by atoms with E-state index in [2.05, 4.69) is 13.2 Å². The number of aliphatic hydroxyl groups excluding tert-OH is 1.